The fraction of sp³-hybridized carbons (Fsp3) is 0.133. The molecule has 142 valence electrons. The van der Waals surface area contributed by atoms with Crippen molar-refractivity contribution in [3.8, 4) is 5.75 Å². The fourth-order valence-electron chi connectivity index (χ4n) is 2.18. The van der Waals surface area contributed by atoms with Gasteiger partial charge in [-0.25, -0.2) is 4.98 Å². The number of H-pyrrole nitrogens is 1. The Bertz CT molecular complexity index is 996. The molecule has 2 heterocycles. The lowest BCUT2D eigenvalue weighted by Crippen LogP contribution is -2.20. The maximum absolute atomic E-state index is 12.7. The second kappa shape index (κ2) is 6.45. The maximum atomic E-state index is 12.7. The van der Waals surface area contributed by atoms with Gasteiger partial charge in [0.05, 0.1) is 11.2 Å². The van der Waals surface area contributed by atoms with E-state index in [9.17, 15) is 31.1 Å². The number of nitrogens with zero attached hydrogens (tertiary/aromatic N) is 2. The summed E-state index contributed by atoms with van der Waals surface area (Å²) in [6, 6.07) is 4.66. The van der Waals surface area contributed by atoms with Gasteiger partial charge in [0, 0.05) is 17.6 Å². The van der Waals surface area contributed by atoms with Crippen LogP contribution < -0.4 is 10.1 Å². The molecule has 0 unspecified atom stereocenters. The van der Waals surface area contributed by atoms with Crippen LogP contribution in [0.3, 0.4) is 0 Å². The number of hydrogen-bond acceptors (Lipinski definition) is 4. The zero-order valence-corrected chi connectivity index (χ0v) is 12.9. The lowest BCUT2D eigenvalue weighted by Gasteiger charge is -2.14. The summed E-state index contributed by atoms with van der Waals surface area (Å²) in [4.78, 5) is 15.4. The number of alkyl halides is 6. The van der Waals surface area contributed by atoms with Gasteiger partial charge in [-0.05, 0) is 18.2 Å². The van der Waals surface area contributed by atoms with Crippen LogP contribution in [-0.4, -0.2) is 27.5 Å². The quantitative estimate of drug-likeness (QED) is 0.660. The van der Waals surface area contributed by atoms with Crippen molar-refractivity contribution in [3.63, 3.8) is 0 Å². The second-order valence-corrected chi connectivity index (χ2v) is 5.20. The summed E-state index contributed by atoms with van der Waals surface area (Å²) in [5, 5.41) is 8.55. The number of pyridine rings is 1. The highest BCUT2D eigenvalue weighted by Crippen LogP contribution is 2.34. The average molecular weight is 390 g/mol. The summed E-state index contributed by atoms with van der Waals surface area (Å²) in [5.74, 6) is -1.92. The third-order valence-corrected chi connectivity index (χ3v) is 3.28. The summed E-state index contributed by atoms with van der Waals surface area (Å²) in [7, 11) is 0. The summed E-state index contributed by atoms with van der Waals surface area (Å²) in [6.07, 6.45) is -8.49. The fourth-order valence-corrected chi connectivity index (χ4v) is 2.18. The Labute approximate surface area is 146 Å². The van der Waals surface area contributed by atoms with Crippen LogP contribution >= 0.6 is 0 Å². The average Bonchev–Trinajstić information content (AvgIpc) is 3.00. The Morgan fingerprint density at radius 1 is 1.11 bits per heavy atom. The van der Waals surface area contributed by atoms with Crippen molar-refractivity contribution >= 4 is 22.5 Å². The van der Waals surface area contributed by atoms with Crippen LogP contribution in [0.5, 0.6) is 5.75 Å². The van der Waals surface area contributed by atoms with E-state index in [4.69, 9.17) is 0 Å². The Kier molecular flexibility index (Phi) is 4.41. The number of aromatic nitrogens is 3. The van der Waals surface area contributed by atoms with Crippen LogP contribution in [0.25, 0.3) is 10.9 Å². The highest BCUT2D eigenvalue weighted by atomic mass is 19.4. The molecule has 0 aliphatic heterocycles. The molecular weight excluding hydrogens is 382 g/mol. The molecule has 3 rings (SSSR count). The summed E-state index contributed by atoms with van der Waals surface area (Å²) in [5.41, 5.74) is -2.22. The van der Waals surface area contributed by atoms with Crippen LogP contribution in [0, 0.1) is 0 Å². The van der Waals surface area contributed by atoms with Crippen LogP contribution in [-0.2, 0) is 6.18 Å². The van der Waals surface area contributed by atoms with Crippen molar-refractivity contribution < 1.29 is 35.9 Å². The summed E-state index contributed by atoms with van der Waals surface area (Å²) >= 11 is 0. The molecule has 0 aliphatic rings. The Morgan fingerprint density at radius 2 is 1.85 bits per heavy atom. The highest BCUT2D eigenvalue weighted by molar-refractivity contribution is 6.05. The third-order valence-electron chi connectivity index (χ3n) is 3.28. The maximum Gasteiger partial charge on any atom is 0.573 e. The Hall–Kier alpha value is -3.31. The van der Waals surface area contributed by atoms with Gasteiger partial charge in [-0.1, -0.05) is 6.07 Å². The van der Waals surface area contributed by atoms with Crippen LogP contribution in [0.15, 0.2) is 36.5 Å². The number of aromatic amines is 1. The normalized spacial score (nSPS) is 12.2. The minimum Gasteiger partial charge on any atom is -0.403 e. The molecule has 3 aromatic rings. The molecule has 27 heavy (non-hydrogen) atoms. The smallest absolute Gasteiger partial charge is 0.403 e. The molecular formula is C15H8F6N4O2. The van der Waals surface area contributed by atoms with E-state index in [0.717, 1.165) is 24.3 Å². The van der Waals surface area contributed by atoms with E-state index in [1.165, 1.54) is 6.20 Å². The predicted molar refractivity (Wildman–Crippen MR) is 80.0 cm³/mol. The molecule has 2 N–H and O–H groups in total. The number of amides is 1. The molecule has 1 aromatic carbocycles. The number of hydrogen-bond donors (Lipinski definition) is 2. The molecule has 0 saturated carbocycles. The van der Waals surface area contributed by atoms with Gasteiger partial charge < -0.3 is 10.1 Å². The lowest BCUT2D eigenvalue weighted by molar-refractivity contribution is -0.274. The molecule has 12 heteroatoms. The predicted octanol–water partition coefficient (Wildman–Crippen LogP) is 4.13. The minimum absolute atomic E-state index is 0.129. The first-order valence-electron chi connectivity index (χ1n) is 7.12. The van der Waals surface area contributed by atoms with Crippen LogP contribution in [0.2, 0.25) is 0 Å². The first kappa shape index (κ1) is 18.5. The van der Waals surface area contributed by atoms with Gasteiger partial charge in [-0.15, -0.1) is 13.2 Å². The second-order valence-electron chi connectivity index (χ2n) is 5.20. The van der Waals surface area contributed by atoms with Crippen molar-refractivity contribution in [2.75, 3.05) is 5.32 Å². The number of rotatable bonds is 3. The first-order chi connectivity index (χ1) is 12.5. The zero-order chi connectivity index (χ0) is 19.8. The Balaban J connectivity index is 1.95. The Morgan fingerprint density at radius 3 is 2.52 bits per heavy atom. The molecule has 6 nitrogen and oxygen atoms in total. The first-order valence-corrected chi connectivity index (χ1v) is 7.12. The van der Waals surface area contributed by atoms with E-state index >= 15 is 0 Å². The molecule has 0 atom stereocenters. The van der Waals surface area contributed by atoms with Crippen molar-refractivity contribution in [3.05, 3.63) is 47.9 Å². The lowest BCUT2D eigenvalue weighted by atomic mass is 10.2. The molecule has 0 aliphatic carbocycles. The number of nitrogens with one attached hydrogen (secondary N) is 2. The third kappa shape index (κ3) is 4.27. The largest absolute Gasteiger partial charge is 0.573 e. The van der Waals surface area contributed by atoms with Crippen molar-refractivity contribution in [1.29, 1.82) is 0 Å². The molecule has 0 fully saturated rings. The van der Waals surface area contributed by atoms with Gasteiger partial charge in [0.25, 0.3) is 5.91 Å². The van der Waals surface area contributed by atoms with E-state index in [1.807, 2.05) is 0 Å². The van der Waals surface area contributed by atoms with Gasteiger partial charge in [0.2, 0.25) is 0 Å². The molecule has 0 saturated heterocycles. The number of carbonyl (C=O) groups is 1. The molecule has 0 bridgehead atoms. The van der Waals surface area contributed by atoms with Gasteiger partial charge in [-0.2, -0.15) is 18.3 Å². The van der Waals surface area contributed by atoms with Crippen molar-refractivity contribution in [1.82, 2.24) is 15.2 Å². The van der Waals surface area contributed by atoms with Crippen LogP contribution in [0.4, 0.5) is 32.0 Å². The number of fused-ring (bicyclic) bond motifs is 1. The van der Waals surface area contributed by atoms with Crippen molar-refractivity contribution in [2.45, 2.75) is 12.5 Å². The van der Waals surface area contributed by atoms with E-state index in [2.05, 4.69) is 25.2 Å². The molecule has 0 spiro atoms. The van der Waals surface area contributed by atoms with Crippen LogP contribution in [0.1, 0.15) is 16.2 Å². The molecule has 1 amide bonds. The van der Waals surface area contributed by atoms with E-state index in [1.54, 1.807) is 0 Å². The highest BCUT2D eigenvalue weighted by Gasteiger charge is 2.34. The number of benzene rings is 1. The van der Waals surface area contributed by atoms with E-state index in [0.29, 0.717) is 11.5 Å². The number of ether oxygens (including phenoxy) is 1. The summed E-state index contributed by atoms with van der Waals surface area (Å²) < 4.78 is 79.7. The van der Waals surface area contributed by atoms with Crippen molar-refractivity contribution in [2.24, 2.45) is 0 Å². The molecule has 2 aromatic heterocycles. The number of anilines is 1. The number of carbonyl (C=O) groups excluding carboxylic acids is 1. The van der Waals surface area contributed by atoms with E-state index in [-0.39, 0.29) is 5.52 Å². The standard InChI is InChI=1S/C15H8F6N4O2/c16-14(17,18)12-3-1-2-8(23-12)13(26)24-10-4-7-6-22-25-9(7)5-11(10)27-15(19,20)21/h1-6H,(H,22,25)(H,24,26). The molecule has 0 radical (unpaired) electrons. The summed E-state index contributed by atoms with van der Waals surface area (Å²) in [6.45, 7) is 0. The van der Waals surface area contributed by atoms with Gasteiger partial charge >= 0.3 is 12.5 Å². The monoisotopic (exact) mass is 390 g/mol. The van der Waals surface area contributed by atoms with E-state index < -0.39 is 41.3 Å². The van der Waals surface area contributed by atoms with Gasteiger partial charge in [-0.3, -0.25) is 9.89 Å². The van der Waals surface area contributed by atoms with Gasteiger partial charge in [0.15, 0.2) is 5.75 Å². The zero-order valence-electron chi connectivity index (χ0n) is 12.9. The topological polar surface area (TPSA) is 79.9 Å². The number of halogens is 6. The minimum atomic E-state index is -5.06. The van der Waals surface area contributed by atoms with Gasteiger partial charge in [0.1, 0.15) is 11.4 Å². The SMILES string of the molecule is O=C(Nc1cc2c[nH]nc2cc1OC(F)(F)F)c1cccc(C(F)(F)F)n1.